The van der Waals surface area contributed by atoms with Gasteiger partial charge in [0.05, 0.1) is 4.92 Å². The number of benzene rings is 1. The highest BCUT2D eigenvalue weighted by Crippen LogP contribution is 2.35. The van der Waals surface area contributed by atoms with Gasteiger partial charge in [0, 0.05) is 4.90 Å². The molecule has 2 aromatic rings. The Morgan fingerprint density at radius 1 is 1.42 bits per heavy atom. The standard InChI is InChI=1S/C11H7ClFN3O2S/c1-6-9(16(17)18)10(15-11(12)14-6)19-8-4-2-3-7(13)5-8/h2-5H,1H3. The lowest BCUT2D eigenvalue weighted by Crippen LogP contribution is -2.00. The van der Waals surface area contributed by atoms with Gasteiger partial charge in [-0.1, -0.05) is 17.8 Å². The van der Waals surface area contributed by atoms with E-state index in [1.165, 1.54) is 25.1 Å². The molecule has 0 saturated carbocycles. The smallest absolute Gasteiger partial charge is 0.258 e. The second kappa shape index (κ2) is 5.50. The van der Waals surface area contributed by atoms with Crippen LogP contribution in [-0.2, 0) is 0 Å². The molecule has 0 N–H and O–H groups in total. The predicted octanol–water partition coefficient (Wildman–Crippen LogP) is 3.64. The molecule has 0 bridgehead atoms. The molecule has 0 radical (unpaired) electrons. The molecule has 0 aliphatic carbocycles. The Hall–Kier alpha value is -1.73. The van der Waals surface area contributed by atoms with Crippen LogP contribution in [0.3, 0.4) is 0 Å². The van der Waals surface area contributed by atoms with E-state index in [0.29, 0.717) is 4.90 Å². The van der Waals surface area contributed by atoms with Crippen LogP contribution in [0.1, 0.15) is 5.69 Å². The van der Waals surface area contributed by atoms with E-state index in [-0.39, 0.29) is 21.7 Å². The molecule has 0 atom stereocenters. The Bertz CT molecular complexity index is 654. The largest absolute Gasteiger partial charge is 0.322 e. The first-order valence-electron chi connectivity index (χ1n) is 5.09. The van der Waals surface area contributed by atoms with Crippen LogP contribution in [-0.4, -0.2) is 14.9 Å². The maximum atomic E-state index is 13.1. The summed E-state index contributed by atoms with van der Waals surface area (Å²) in [5.74, 6) is -0.426. The van der Waals surface area contributed by atoms with E-state index in [0.717, 1.165) is 11.8 Å². The summed E-state index contributed by atoms with van der Waals surface area (Å²) in [7, 11) is 0. The Balaban J connectivity index is 2.47. The summed E-state index contributed by atoms with van der Waals surface area (Å²) in [6.45, 7) is 1.47. The number of aryl methyl sites for hydroxylation is 1. The number of nitrogens with zero attached hydrogens (tertiary/aromatic N) is 3. The summed E-state index contributed by atoms with van der Waals surface area (Å²) < 4.78 is 13.1. The lowest BCUT2D eigenvalue weighted by atomic mass is 10.3. The second-order valence-corrected chi connectivity index (χ2v) is 4.95. The van der Waals surface area contributed by atoms with Gasteiger partial charge < -0.3 is 0 Å². The van der Waals surface area contributed by atoms with Gasteiger partial charge in [-0.25, -0.2) is 14.4 Å². The molecule has 8 heteroatoms. The van der Waals surface area contributed by atoms with E-state index >= 15 is 0 Å². The van der Waals surface area contributed by atoms with E-state index in [1.807, 2.05) is 0 Å². The Morgan fingerprint density at radius 2 is 2.16 bits per heavy atom. The number of halogens is 2. The Labute approximate surface area is 117 Å². The van der Waals surface area contributed by atoms with Crippen LogP contribution >= 0.6 is 23.4 Å². The molecule has 0 aliphatic heterocycles. The topological polar surface area (TPSA) is 68.9 Å². The van der Waals surface area contributed by atoms with E-state index in [2.05, 4.69) is 9.97 Å². The van der Waals surface area contributed by atoms with E-state index in [4.69, 9.17) is 11.6 Å². The molecular weight excluding hydrogens is 293 g/mol. The average Bonchev–Trinajstić information content (AvgIpc) is 2.26. The molecular formula is C11H7ClFN3O2S. The first kappa shape index (κ1) is 13.7. The van der Waals surface area contributed by atoms with Gasteiger partial charge in [-0.15, -0.1) is 0 Å². The first-order valence-corrected chi connectivity index (χ1v) is 6.29. The van der Waals surface area contributed by atoms with Crippen molar-refractivity contribution in [1.29, 1.82) is 0 Å². The zero-order valence-electron chi connectivity index (χ0n) is 9.63. The fourth-order valence-corrected chi connectivity index (χ4v) is 2.69. The summed E-state index contributed by atoms with van der Waals surface area (Å²) in [5, 5.41) is 11.0. The average molecular weight is 300 g/mol. The molecule has 1 heterocycles. The minimum Gasteiger partial charge on any atom is -0.258 e. The minimum atomic E-state index is -0.576. The zero-order valence-corrected chi connectivity index (χ0v) is 11.2. The van der Waals surface area contributed by atoms with Crippen molar-refractivity contribution >= 4 is 29.1 Å². The lowest BCUT2D eigenvalue weighted by Gasteiger charge is -2.04. The maximum absolute atomic E-state index is 13.1. The Kier molecular flexibility index (Phi) is 3.96. The Morgan fingerprint density at radius 3 is 2.79 bits per heavy atom. The number of nitro groups is 1. The van der Waals surface area contributed by atoms with E-state index in [9.17, 15) is 14.5 Å². The highest BCUT2D eigenvalue weighted by atomic mass is 35.5. The van der Waals surface area contributed by atoms with Crippen molar-refractivity contribution in [2.24, 2.45) is 0 Å². The van der Waals surface area contributed by atoms with Crippen LogP contribution in [0.2, 0.25) is 5.28 Å². The van der Waals surface area contributed by atoms with Crippen molar-refractivity contribution < 1.29 is 9.31 Å². The number of aromatic nitrogens is 2. The highest BCUT2D eigenvalue weighted by molar-refractivity contribution is 7.99. The molecule has 1 aromatic heterocycles. The van der Waals surface area contributed by atoms with Gasteiger partial charge in [0.25, 0.3) is 0 Å². The summed E-state index contributed by atoms with van der Waals surface area (Å²) >= 11 is 6.66. The quantitative estimate of drug-likeness (QED) is 0.374. The second-order valence-electron chi connectivity index (χ2n) is 3.55. The molecule has 2 rings (SSSR count). The molecule has 0 fully saturated rings. The SMILES string of the molecule is Cc1nc(Cl)nc(Sc2cccc(F)c2)c1[N+](=O)[O-]. The molecule has 98 valence electrons. The van der Waals surface area contributed by atoms with Gasteiger partial charge in [-0.05, 0) is 36.7 Å². The first-order chi connectivity index (χ1) is 8.97. The van der Waals surface area contributed by atoms with Crippen LogP contribution in [0.15, 0.2) is 34.2 Å². The van der Waals surface area contributed by atoms with Gasteiger partial charge >= 0.3 is 5.69 Å². The summed E-state index contributed by atoms with van der Waals surface area (Å²) in [6, 6.07) is 5.69. The van der Waals surface area contributed by atoms with Crippen molar-refractivity contribution in [3.05, 3.63) is 51.2 Å². The normalized spacial score (nSPS) is 10.5. The van der Waals surface area contributed by atoms with Crippen molar-refractivity contribution in [3.63, 3.8) is 0 Å². The molecule has 1 aromatic carbocycles. The highest BCUT2D eigenvalue weighted by Gasteiger charge is 2.22. The summed E-state index contributed by atoms with van der Waals surface area (Å²) in [6.07, 6.45) is 0. The van der Waals surface area contributed by atoms with Crippen molar-refractivity contribution in [2.45, 2.75) is 16.8 Å². The van der Waals surface area contributed by atoms with Crippen molar-refractivity contribution in [3.8, 4) is 0 Å². The van der Waals surface area contributed by atoms with Gasteiger partial charge in [0.15, 0.2) is 5.03 Å². The third kappa shape index (κ3) is 3.18. The van der Waals surface area contributed by atoms with Crippen LogP contribution in [0.25, 0.3) is 0 Å². The van der Waals surface area contributed by atoms with E-state index in [1.54, 1.807) is 6.07 Å². The number of hydrogen-bond donors (Lipinski definition) is 0. The predicted molar refractivity (Wildman–Crippen MR) is 69.0 cm³/mol. The van der Waals surface area contributed by atoms with E-state index < -0.39 is 10.7 Å². The van der Waals surface area contributed by atoms with Gasteiger partial charge in [-0.3, -0.25) is 10.1 Å². The molecule has 5 nitrogen and oxygen atoms in total. The van der Waals surface area contributed by atoms with Crippen LogP contribution in [0, 0.1) is 22.9 Å². The molecule has 0 spiro atoms. The van der Waals surface area contributed by atoms with Gasteiger partial charge in [0.2, 0.25) is 5.28 Å². The minimum absolute atomic E-state index is 0.0815. The molecule has 0 saturated heterocycles. The summed E-state index contributed by atoms with van der Waals surface area (Å²) in [5.41, 5.74) is -0.0532. The summed E-state index contributed by atoms with van der Waals surface area (Å²) in [4.78, 5) is 18.5. The zero-order chi connectivity index (χ0) is 14.0. The monoisotopic (exact) mass is 299 g/mol. The third-order valence-electron chi connectivity index (χ3n) is 2.19. The van der Waals surface area contributed by atoms with Crippen LogP contribution < -0.4 is 0 Å². The van der Waals surface area contributed by atoms with Gasteiger partial charge in [0.1, 0.15) is 11.5 Å². The van der Waals surface area contributed by atoms with Gasteiger partial charge in [-0.2, -0.15) is 0 Å². The molecule has 0 unspecified atom stereocenters. The lowest BCUT2D eigenvalue weighted by molar-refractivity contribution is -0.389. The maximum Gasteiger partial charge on any atom is 0.322 e. The fourth-order valence-electron chi connectivity index (χ4n) is 1.43. The molecule has 19 heavy (non-hydrogen) atoms. The number of hydrogen-bond acceptors (Lipinski definition) is 5. The van der Waals surface area contributed by atoms with Crippen molar-refractivity contribution in [2.75, 3.05) is 0 Å². The third-order valence-corrected chi connectivity index (χ3v) is 3.33. The fraction of sp³-hybridized carbons (Fsp3) is 0.0909. The van der Waals surface area contributed by atoms with Crippen LogP contribution in [0.4, 0.5) is 10.1 Å². The van der Waals surface area contributed by atoms with Crippen molar-refractivity contribution in [1.82, 2.24) is 9.97 Å². The molecule has 0 aliphatic rings. The number of rotatable bonds is 3. The van der Waals surface area contributed by atoms with Crippen LogP contribution in [0.5, 0.6) is 0 Å². The molecule has 0 amide bonds.